The summed E-state index contributed by atoms with van der Waals surface area (Å²) in [7, 11) is 0. The molecule has 15 heavy (non-hydrogen) atoms. The molecule has 0 aliphatic carbocycles. The summed E-state index contributed by atoms with van der Waals surface area (Å²) in [5.74, 6) is -0.300. The number of aromatic amines is 1. The van der Waals surface area contributed by atoms with Crippen molar-refractivity contribution in [2.24, 2.45) is 0 Å². The van der Waals surface area contributed by atoms with Crippen LogP contribution in [0.2, 0.25) is 0 Å². The molecule has 1 aromatic heterocycles. The van der Waals surface area contributed by atoms with E-state index in [0.717, 1.165) is 6.20 Å². The number of fused-ring (bicyclic) bond motifs is 1. The minimum atomic E-state index is -0.387. The van der Waals surface area contributed by atoms with E-state index in [1.54, 1.807) is 12.1 Å². The predicted molar refractivity (Wildman–Crippen MR) is 56.4 cm³/mol. The van der Waals surface area contributed by atoms with Crippen LogP contribution in [-0.4, -0.2) is 9.97 Å². The molecule has 0 saturated carbocycles. The van der Waals surface area contributed by atoms with E-state index in [9.17, 15) is 9.18 Å². The molecule has 0 aliphatic rings. The van der Waals surface area contributed by atoms with Gasteiger partial charge in [-0.15, -0.1) is 0 Å². The van der Waals surface area contributed by atoms with E-state index in [1.807, 2.05) is 13.8 Å². The first-order chi connectivity index (χ1) is 7.09. The summed E-state index contributed by atoms with van der Waals surface area (Å²) in [6, 6.07) is 3.41. The fraction of sp³-hybridized carbons (Fsp3) is 0.273. The van der Waals surface area contributed by atoms with Crippen LogP contribution in [0.25, 0.3) is 11.0 Å². The number of H-pyrrole nitrogens is 1. The summed E-state index contributed by atoms with van der Waals surface area (Å²) in [6.45, 7) is 3.80. The molecule has 0 spiro atoms. The van der Waals surface area contributed by atoms with Crippen molar-refractivity contribution in [3.05, 3.63) is 40.1 Å². The fourth-order valence-corrected chi connectivity index (χ4v) is 1.54. The monoisotopic (exact) mass is 206 g/mol. The largest absolute Gasteiger partial charge is 0.317 e. The molecule has 1 heterocycles. The van der Waals surface area contributed by atoms with Gasteiger partial charge in [-0.3, -0.25) is 4.79 Å². The molecule has 0 atom stereocenters. The molecule has 2 rings (SSSR count). The van der Waals surface area contributed by atoms with Crippen molar-refractivity contribution in [2.75, 3.05) is 0 Å². The quantitative estimate of drug-likeness (QED) is 0.777. The fourth-order valence-electron chi connectivity index (χ4n) is 1.54. The van der Waals surface area contributed by atoms with E-state index in [4.69, 9.17) is 0 Å². The highest BCUT2D eigenvalue weighted by atomic mass is 19.1. The maximum Gasteiger partial charge on any atom is 0.266 e. The van der Waals surface area contributed by atoms with Crippen molar-refractivity contribution in [3.63, 3.8) is 0 Å². The van der Waals surface area contributed by atoms with Gasteiger partial charge in [0.2, 0.25) is 0 Å². The Kier molecular flexibility index (Phi) is 2.26. The van der Waals surface area contributed by atoms with E-state index in [0.29, 0.717) is 11.1 Å². The van der Waals surface area contributed by atoms with Gasteiger partial charge in [0.25, 0.3) is 5.56 Å². The van der Waals surface area contributed by atoms with Gasteiger partial charge in [-0.1, -0.05) is 19.9 Å². The first kappa shape index (κ1) is 9.83. The van der Waals surface area contributed by atoms with Gasteiger partial charge in [0.1, 0.15) is 5.52 Å². The van der Waals surface area contributed by atoms with Crippen LogP contribution in [0.5, 0.6) is 0 Å². The number of aromatic nitrogens is 2. The molecule has 0 saturated heterocycles. The van der Waals surface area contributed by atoms with Gasteiger partial charge >= 0.3 is 0 Å². The van der Waals surface area contributed by atoms with Crippen LogP contribution in [0, 0.1) is 5.82 Å². The topological polar surface area (TPSA) is 45.8 Å². The molecular formula is C11H11FN2O. The lowest BCUT2D eigenvalue weighted by Crippen LogP contribution is -2.07. The van der Waals surface area contributed by atoms with Gasteiger partial charge in [-0.25, -0.2) is 9.37 Å². The lowest BCUT2D eigenvalue weighted by atomic mass is 10.0. The minimum absolute atomic E-state index is 0.0816. The summed E-state index contributed by atoms with van der Waals surface area (Å²) >= 11 is 0. The standard InChI is InChI=1S/C11H11FN2O/c1-6(2)7-3-4-8-11(10(7)12)14-9(15)5-13-8/h3-6H,1-2H3,(H,14,15). The van der Waals surface area contributed by atoms with Crippen molar-refractivity contribution >= 4 is 11.0 Å². The third-order valence-electron chi connectivity index (χ3n) is 2.34. The molecule has 0 amide bonds. The Balaban J connectivity index is 2.82. The Morgan fingerprint density at radius 2 is 2.13 bits per heavy atom. The zero-order valence-electron chi connectivity index (χ0n) is 8.54. The summed E-state index contributed by atoms with van der Waals surface area (Å²) in [4.78, 5) is 17.4. The highest BCUT2D eigenvalue weighted by molar-refractivity contribution is 5.75. The average Bonchev–Trinajstić information content (AvgIpc) is 2.19. The molecule has 1 N–H and O–H groups in total. The van der Waals surface area contributed by atoms with Gasteiger partial charge in [-0.05, 0) is 17.5 Å². The zero-order valence-corrected chi connectivity index (χ0v) is 8.54. The van der Waals surface area contributed by atoms with Crippen LogP contribution in [0.15, 0.2) is 23.1 Å². The Bertz CT molecular complexity index is 560. The second kappa shape index (κ2) is 3.46. The number of hydrogen-bond donors (Lipinski definition) is 1. The number of hydrogen-bond acceptors (Lipinski definition) is 2. The van der Waals surface area contributed by atoms with Crippen molar-refractivity contribution < 1.29 is 4.39 Å². The molecule has 0 aliphatic heterocycles. The van der Waals surface area contributed by atoms with Gasteiger partial charge in [0, 0.05) is 0 Å². The van der Waals surface area contributed by atoms with Gasteiger partial charge in [-0.2, -0.15) is 0 Å². The molecule has 0 unspecified atom stereocenters. The molecular weight excluding hydrogens is 195 g/mol. The number of benzene rings is 1. The van der Waals surface area contributed by atoms with Crippen LogP contribution in [0.4, 0.5) is 4.39 Å². The van der Waals surface area contributed by atoms with Crippen LogP contribution < -0.4 is 5.56 Å². The lowest BCUT2D eigenvalue weighted by molar-refractivity contribution is 0.606. The summed E-state index contributed by atoms with van der Waals surface area (Å²) in [6.07, 6.45) is 1.15. The van der Waals surface area contributed by atoms with Gasteiger partial charge in [0.15, 0.2) is 5.82 Å². The highest BCUT2D eigenvalue weighted by Crippen LogP contribution is 2.22. The third-order valence-corrected chi connectivity index (χ3v) is 2.34. The molecule has 0 bridgehead atoms. The maximum atomic E-state index is 13.9. The summed E-state index contributed by atoms with van der Waals surface area (Å²) in [5.41, 5.74) is 0.860. The lowest BCUT2D eigenvalue weighted by Gasteiger charge is -2.08. The van der Waals surface area contributed by atoms with Crippen molar-refractivity contribution in [3.8, 4) is 0 Å². The molecule has 3 nitrogen and oxygen atoms in total. The number of nitrogens with one attached hydrogen (secondary N) is 1. The molecule has 0 radical (unpaired) electrons. The minimum Gasteiger partial charge on any atom is -0.317 e. The zero-order chi connectivity index (χ0) is 11.0. The summed E-state index contributed by atoms with van der Waals surface area (Å²) in [5, 5.41) is 0. The number of nitrogens with zero attached hydrogens (tertiary/aromatic N) is 1. The number of halogens is 1. The van der Waals surface area contributed by atoms with E-state index in [2.05, 4.69) is 9.97 Å². The Labute approximate surface area is 86.0 Å². The van der Waals surface area contributed by atoms with Gasteiger partial charge < -0.3 is 4.98 Å². The van der Waals surface area contributed by atoms with Gasteiger partial charge in [0.05, 0.1) is 11.7 Å². The SMILES string of the molecule is CC(C)c1ccc2ncc(=O)[nH]c2c1F. The van der Waals surface area contributed by atoms with Crippen LogP contribution in [0.1, 0.15) is 25.3 Å². The van der Waals surface area contributed by atoms with E-state index in [-0.39, 0.29) is 22.8 Å². The second-order valence-corrected chi connectivity index (χ2v) is 3.77. The van der Waals surface area contributed by atoms with E-state index < -0.39 is 0 Å². The number of rotatable bonds is 1. The second-order valence-electron chi connectivity index (χ2n) is 3.77. The van der Waals surface area contributed by atoms with E-state index in [1.165, 1.54) is 0 Å². The Hall–Kier alpha value is -1.71. The average molecular weight is 206 g/mol. The molecule has 1 aromatic carbocycles. The smallest absolute Gasteiger partial charge is 0.266 e. The molecule has 4 heteroatoms. The third kappa shape index (κ3) is 1.63. The van der Waals surface area contributed by atoms with Crippen molar-refractivity contribution in [2.45, 2.75) is 19.8 Å². The Morgan fingerprint density at radius 1 is 1.40 bits per heavy atom. The highest BCUT2D eigenvalue weighted by Gasteiger charge is 2.11. The Morgan fingerprint density at radius 3 is 2.80 bits per heavy atom. The normalized spacial score (nSPS) is 11.2. The van der Waals surface area contributed by atoms with Crippen LogP contribution >= 0.6 is 0 Å². The predicted octanol–water partition coefficient (Wildman–Crippen LogP) is 2.19. The molecule has 78 valence electrons. The van der Waals surface area contributed by atoms with Crippen LogP contribution in [-0.2, 0) is 0 Å². The first-order valence-electron chi connectivity index (χ1n) is 4.77. The van der Waals surface area contributed by atoms with E-state index >= 15 is 0 Å². The van der Waals surface area contributed by atoms with Crippen molar-refractivity contribution in [1.29, 1.82) is 0 Å². The molecule has 0 fully saturated rings. The van der Waals surface area contributed by atoms with Crippen LogP contribution in [0.3, 0.4) is 0 Å². The first-order valence-corrected chi connectivity index (χ1v) is 4.77. The summed E-state index contributed by atoms with van der Waals surface area (Å²) < 4.78 is 13.9. The maximum absolute atomic E-state index is 13.9. The molecule has 2 aromatic rings. The van der Waals surface area contributed by atoms with Crippen molar-refractivity contribution in [1.82, 2.24) is 9.97 Å².